The van der Waals surface area contributed by atoms with Gasteiger partial charge in [0.05, 0.1) is 0 Å². The van der Waals surface area contributed by atoms with Gasteiger partial charge in [0.25, 0.3) is 0 Å². The minimum Gasteiger partial charge on any atom is -0.396 e. The first kappa shape index (κ1) is 13.2. The van der Waals surface area contributed by atoms with Gasteiger partial charge >= 0.3 is 0 Å². The molecule has 4 heteroatoms. The van der Waals surface area contributed by atoms with E-state index < -0.39 is 0 Å². The van der Waals surface area contributed by atoms with Gasteiger partial charge in [-0.2, -0.15) is 5.10 Å². The summed E-state index contributed by atoms with van der Waals surface area (Å²) in [4.78, 5) is 0. The fourth-order valence-electron chi connectivity index (χ4n) is 1.55. The summed E-state index contributed by atoms with van der Waals surface area (Å²) < 4.78 is 1.90. The fraction of sp³-hybridized carbons (Fsp3) is 0.750. The van der Waals surface area contributed by atoms with E-state index in [0.29, 0.717) is 0 Å². The van der Waals surface area contributed by atoms with Gasteiger partial charge in [-0.25, -0.2) is 0 Å². The van der Waals surface area contributed by atoms with E-state index in [-0.39, 0.29) is 12.0 Å². The third-order valence-electron chi connectivity index (χ3n) is 3.27. The molecule has 0 bridgehead atoms. The molecule has 1 aromatic rings. The summed E-state index contributed by atoms with van der Waals surface area (Å²) in [7, 11) is 1.96. The highest BCUT2D eigenvalue weighted by molar-refractivity contribution is 5.00. The number of hydrogen-bond donors (Lipinski definition) is 2. The topological polar surface area (TPSA) is 50.1 Å². The second-order valence-corrected chi connectivity index (χ2v) is 4.70. The van der Waals surface area contributed by atoms with Crippen LogP contribution in [0.4, 0.5) is 0 Å². The van der Waals surface area contributed by atoms with Crippen molar-refractivity contribution in [1.29, 1.82) is 0 Å². The standard InChI is InChI=1S/C12H23N3O/c1-4-12(2,10-16)9-13-7-5-11-6-8-14-15(11)3/h6,8,13,16H,4-5,7,9-10H2,1-3H3. The molecule has 0 fully saturated rings. The number of nitrogens with one attached hydrogen (secondary N) is 1. The molecule has 0 saturated heterocycles. The Morgan fingerprint density at radius 2 is 2.31 bits per heavy atom. The van der Waals surface area contributed by atoms with Gasteiger partial charge in [0.2, 0.25) is 0 Å². The van der Waals surface area contributed by atoms with Crippen LogP contribution in [0.1, 0.15) is 26.0 Å². The van der Waals surface area contributed by atoms with Crippen molar-refractivity contribution in [2.75, 3.05) is 19.7 Å². The SMILES string of the molecule is CCC(C)(CO)CNCCc1ccnn1C. The molecule has 0 saturated carbocycles. The summed E-state index contributed by atoms with van der Waals surface area (Å²) in [6.45, 7) is 6.23. The summed E-state index contributed by atoms with van der Waals surface area (Å²) in [5.41, 5.74) is 1.24. The molecule has 92 valence electrons. The monoisotopic (exact) mass is 225 g/mol. The predicted molar refractivity (Wildman–Crippen MR) is 65.3 cm³/mol. The summed E-state index contributed by atoms with van der Waals surface area (Å²) in [6, 6.07) is 2.03. The molecule has 4 nitrogen and oxygen atoms in total. The molecule has 0 aliphatic rings. The van der Waals surface area contributed by atoms with E-state index in [4.69, 9.17) is 0 Å². The van der Waals surface area contributed by atoms with E-state index in [1.165, 1.54) is 5.69 Å². The molecule has 1 aromatic heterocycles. The third-order valence-corrected chi connectivity index (χ3v) is 3.27. The summed E-state index contributed by atoms with van der Waals surface area (Å²) in [5, 5.41) is 16.8. The second kappa shape index (κ2) is 6.01. The highest BCUT2D eigenvalue weighted by Gasteiger charge is 2.19. The maximum absolute atomic E-state index is 9.26. The first-order valence-corrected chi connectivity index (χ1v) is 5.90. The molecule has 0 aromatic carbocycles. The van der Waals surface area contributed by atoms with Crippen LogP contribution < -0.4 is 5.32 Å². The van der Waals surface area contributed by atoms with Gasteiger partial charge in [-0.1, -0.05) is 13.8 Å². The summed E-state index contributed by atoms with van der Waals surface area (Å²) in [6.07, 6.45) is 3.78. The van der Waals surface area contributed by atoms with Crippen LogP contribution in [0.15, 0.2) is 12.3 Å². The van der Waals surface area contributed by atoms with Gasteiger partial charge in [0.1, 0.15) is 0 Å². The first-order valence-electron chi connectivity index (χ1n) is 5.90. The molecule has 0 aliphatic carbocycles. The second-order valence-electron chi connectivity index (χ2n) is 4.70. The Hall–Kier alpha value is -0.870. The Labute approximate surface area is 97.7 Å². The molecule has 0 amide bonds. The molecule has 2 N–H and O–H groups in total. The maximum atomic E-state index is 9.26. The Kier molecular flexibility index (Phi) is 4.96. The molecule has 0 aliphatic heterocycles. The van der Waals surface area contributed by atoms with Crippen molar-refractivity contribution in [2.45, 2.75) is 26.7 Å². The number of rotatable bonds is 7. The lowest BCUT2D eigenvalue weighted by atomic mass is 9.89. The Bertz CT molecular complexity index is 305. The Morgan fingerprint density at radius 1 is 1.56 bits per heavy atom. The zero-order valence-electron chi connectivity index (χ0n) is 10.5. The van der Waals surface area contributed by atoms with Gasteiger partial charge in [-0.3, -0.25) is 4.68 Å². The number of hydrogen-bond acceptors (Lipinski definition) is 3. The Morgan fingerprint density at radius 3 is 2.81 bits per heavy atom. The lowest BCUT2D eigenvalue weighted by molar-refractivity contribution is 0.136. The number of aliphatic hydroxyl groups is 1. The van der Waals surface area contributed by atoms with Gasteiger partial charge in [0, 0.05) is 50.5 Å². The molecular formula is C12H23N3O. The first-order chi connectivity index (χ1) is 7.61. The van der Waals surface area contributed by atoms with Crippen molar-refractivity contribution < 1.29 is 5.11 Å². The average molecular weight is 225 g/mol. The minimum atomic E-state index is 0.00641. The number of aromatic nitrogens is 2. The molecule has 0 radical (unpaired) electrons. The zero-order valence-corrected chi connectivity index (χ0v) is 10.5. The van der Waals surface area contributed by atoms with E-state index in [0.717, 1.165) is 25.9 Å². The number of aryl methyl sites for hydroxylation is 1. The molecule has 16 heavy (non-hydrogen) atoms. The summed E-state index contributed by atoms with van der Waals surface area (Å²) in [5.74, 6) is 0. The minimum absolute atomic E-state index is 0.00641. The quantitative estimate of drug-likeness (QED) is 0.680. The van der Waals surface area contributed by atoms with Crippen molar-refractivity contribution in [3.8, 4) is 0 Å². The molecule has 1 atom stereocenters. The van der Waals surface area contributed by atoms with Crippen LogP contribution in [0, 0.1) is 5.41 Å². The normalized spacial score (nSPS) is 15.0. The summed E-state index contributed by atoms with van der Waals surface area (Å²) >= 11 is 0. The molecule has 0 spiro atoms. The van der Waals surface area contributed by atoms with Crippen molar-refractivity contribution in [1.82, 2.24) is 15.1 Å². The predicted octanol–water partition coefficient (Wildman–Crippen LogP) is 0.961. The van der Waals surface area contributed by atoms with E-state index in [9.17, 15) is 5.11 Å². The van der Waals surface area contributed by atoms with Gasteiger partial charge < -0.3 is 10.4 Å². The van der Waals surface area contributed by atoms with E-state index in [1.807, 2.05) is 24.0 Å². The fourth-order valence-corrected chi connectivity index (χ4v) is 1.55. The lowest BCUT2D eigenvalue weighted by Crippen LogP contribution is -2.35. The smallest absolute Gasteiger partial charge is 0.0496 e. The van der Waals surface area contributed by atoms with E-state index in [2.05, 4.69) is 24.3 Å². The van der Waals surface area contributed by atoms with Crippen molar-refractivity contribution in [3.05, 3.63) is 18.0 Å². The molecule has 1 rings (SSSR count). The van der Waals surface area contributed by atoms with Crippen LogP contribution >= 0.6 is 0 Å². The van der Waals surface area contributed by atoms with Crippen LogP contribution in [0.3, 0.4) is 0 Å². The van der Waals surface area contributed by atoms with Crippen LogP contribution in [-0.4, -0.2) is 34.6 Å². The highest BCUT2D eigenvalue weighted by atomic mass is 16.3. The highest BCUT2D eigenvalue weighted by Crippen LogP contribution is 2.18. The van der Waals surface area contributed by atoms with Gasteiger partial charge in [-0.05, 0) is 12.5 Å². The largest absolute Gasteiger partial charge is 0.396 e. The van der Waals surface area contributed by atoms with E-state index in [1.54, 1.807) is 0 Å². The average Bonchev–Trinajstić information content (AvgIpc) is 2.70. The molecular weight excluding hydrogens is 202 g/mol. The maximum Gasteiger partial charge on any atom is 0.0496 e. The van der Waals surface area contributed by atoms with Crippen LogP contribution in [0.25, 0.3) is 0 Å². The van der Waals surface area contributed by atoms with Crippen molar-refractivity contribution >= 4 is 0 Å². The molecule has 1 heterocycles. The number of nitrogens with zero attached hydrogens (tertiary/aromatic N) is 2. The van der Waals surface area contributed by atoms with Crippen LogP contribution in [0.5, 0.6) is 0 Å². The van der Waals surface area contributed by atoms with Crippen LogP contribution in [-0.2, 0) is 13.5 Å². The Balaban J connectivity index is 2.24. The van der Waals surface area contributed by atoms with Crippen molar-refractivity contribution in [3.63, 3.8) is 0 Å². The van der Waals surface area contributed by atoms with Crippen LogP contribution in [0.2, 0.25) is 0 Å². The zero-order chi connectivity index (χ0) is 12.0. The number of aliphatic hydroxyl groups excluding tert-OH is 1. The van der Waals surface area contributed by atoms with Gasteiger partial charge in [-0.15, -0.1) is 0 Å². The van der Waals surface area contributed by atoms with E-state index >= 15 is 0 Å². The third kappa shape index (κ3) is 3.61. The van der Waals surface area contributed by atoms with Crippen molar-refractivity contribution in [2.24, 2.45) is 12.5 Å². The molecule has 1 unspecified atom stereocenters. The lowest BCUT2D eigenvalue weighted by Gasteiger charge is -2.25. The van der Waals surface area contributed by atoms with Gasteiger partial charge in [0.15, 0.2) is 0 Å².